The summed E-state index contributed by atoms with van der Waals surface area (Å²) in [7, 11) is 0. The topological polar surface area (TPSA) is 97.8 Å². The first-order chi connectivity index (χ1) is 12.8. The molecule has 3 N–H and O–H groups in total. The third-order valence-corrected chi connectivity index (χ3v) is 5.75. The number of H-pyrrole nitrogens is 1. The Morgan fingerprint density at radius 2 is 1.92 bits per heavy atom. The van der Waals surface area contributed by atoms with Crippen LogP contribution in [0.1, 0.15) is 5.82 Å². The predicted molar refractivity (Wildman–Crippen MR) is 104 cm³/mol. The number of nitrogen functional groups attached to an aromatic ring is 1. The van der Waals surface area contributed by atoms with Crippen LogP contribution in [0, 0.1) is 0 Å². The van der Waals surface area contributed by atoms with Crippen LogP contribution < -0.4 is 5.73 Å². The zero-order chi connectivity index (χ0) is 17.5. The van der Waals surface area contributed by atoms with E-state index in [1.807, 2.05) is 48.5 Å². The second-order valence-electron chi connectivity index (χ2n) is 5.65. The molecule has 0 aliphatic heterocycles. The molecular weight excluding hydrogens is 366 g/mol. The maximum absolute atomic E-state index is 6.06. The Labute approximate surface area is 156 Å². The molecule has 0 aliphatic rings. The van der Waals surface area contributed by atoms with Crippen LogP contribution in [0.3, 0.4) is 0 Å². The van der Waals surface area contributed by atoms with Crippen molar-refractivity contribution in [3.05, 3.63) is 54.4 Å². The summed E-state index contributed by atoms with van der Waals surface area (Å²) in [5, 5.41) is 14.8. The molecule has 0 spiro atoms. The minimum absolute atomic E-state index is 0.619. The van der Waals surface area contributed by atoms with E-state index in [1.165, 1.54) is 11.3 Å². The third kappa shape index (κ3) is 2.61. The van der Waals surface area contributed by atoms with Crippen molar-refractivity contribution >= 4 is 44.8 Å². The standard InChI is InChI=1S/C17H13N7S2/c18-11-6-2-1-5-10(11)15-23-24-14(21-22-17(24)26-15)9-25-16-19-12-7-3-4-8-13(12)20-16/h1-8H,9,18H2,(H,19,20). The van der Waals surface area contributed by atoms with E-state index in [1.54, 1.807) is 16.3 Å². The molecule has 0 amide bonds. The highest BCUT2D eigenvalue weighted by Crippen LogP contribution is 2.30. The molecule has 5 aromatic rings. The number of nitrogens with zero attached hydrogens (tertiary/aromatic N) is 5. The van der Waals surface area contributed by atoms with Gasteiger partial charge in [0.1, 0.15) is 5.01 Å². The first kappa shape index (κ1) is 15.4. The quantitative estimate of drug-likeness (QED) is 0.366. The van der Waals surface area contributed by atoms with Gasteiger partial charge in [-0.05, 0) is 24.3 Å². The molecule has 3 heterocycles. The van der Waals surface area contributed by atoms with E-state index >= 15 is 0 Å². The van der Waals surface area contributed by atoms with Gasteiger partial charge in [0.2, 0.25) is 4.96 Å². The second kappa shape index (κ2) is 6.11. The summed E-state index contributed by atoms with van der Waals surface area (Å²) < 4.78 is 1.78. The average Bonchev–Trinajstić information content (AvgIpc) is 3.34. The Balaban J connectivity index is 1.43. The zero-order valence-corrected chi connectivity index (χ0v) is 15.1. The van der Waals surface area contributed by atoms with Gasteiger partial charge in [0.05, 0.1) is 16.8 Å². The molecule has 26 heavy (non-hydrogen) atoms. The van der Waals surface area contributed by atoms with Crippen LogP contribution in [0.25, 0.3) is 26.6 Å². The fraction of sp³-hybridized carbons (Fsp3) is 0.0588. The van der Waals surface area contributed by atoms with Crippen molar-refractivity contribution < 1.29 is 0 Å². The monoisotopic (exact) mass is 379 g/mol. The maximum atomic E-state index is 6.06. The molecule has 0 atom stereocenters. The van der Waals surface area contributed by atoms with Crippen molar-refractivity contribution in [1.82, 2.24) is 29.8 Å². The molecule has 0 fully saturated rings. The molecule has 7 nitrogen and oxygen atoms in total. The molecule has 128 valence electrons. The fourth-order valence-corrected chi connectivity index (χ4v) is 4.38. The summed E-state index contributed by atoms with van der Waals surface area (Å²) in [5.74, 6) is 1.40. The Kier molecular flexibility index (Phi) is 3.61. The van der Waals surface area contributed by atoms with Gasteiger partial charge >= 0.3 is 0 Å². The number of anilines is 1. The van der Waals surface area contributed by atoms with E-state index in [0.717, 1.165) is 37.5 Å². The summed E-state index contributed by atoms with van der Waals surface area (Å²) in [6.45, 7) is 0. The van der Waals surface area contributed by atoms with E-state index in [0.29, 0.717) is 11.4 Å². The molecule has 0 unspecified atom stereocenters. The van der Waals surface area contributed by atoms with Crippen LogP contribution in [0.2, 0.25) is 0 Å². The second-order valence-corrected chi connectivity index (χ2v) is 7.57. The highest BCUT2D eigenvalue weighted by molar-refractivity contribution is 7.98. The highest BCUT2D eigenvalue weighted by atomic mass is 32.2. The summed E-state index contributed by atoms with van der Waals surface area (Å²) in [5.41, 5.74) is 9.66. The maximum Gasteiger partial charge on any atom is 0.235 e. The number of hydrogen-bond acceptors (Lipinski definition) is 7. The number of aromatic nitrogens is 6. The van der Waals surface area contributed by atoms with Crippen LogP contribution in [-0.4, -0.2) is 29.8 Å². The van der Waals surface area contributed by atoms with Crippen LogP contribution in [0.4, 0.5) is 5.69 Å². The predicted octanol–water partition coefficient (Wildman–Crippen LogP) is 3.60. The van der Waals surface area contributed by atoms with Crippen molar-refractivity contribution in [2.24, 2.45) is 0 Å². The number of thioether (sulfide) groups is 1. The van der Waals surface area contributed by atoms with Crippen molar-refractivity contribution in [1.29, 1.82) is 0 Å². The minimum Gasteiger partial charge on any atom is -0.398 e. The highest BCUT2D eigenvalue weighted by Gasteiger charge is 2.15. The first-order valence-corrected chi connectivity index (χ1v) is 9.72. The molecule has 0 saturated heterocycles. The molecule has 5 rings (SSSR count). The minimum atomic E-state index is 0.619. The average molecular weight is 379 g/mol. The number of nitrogens with one attached hydrogen (secondary N) is 1. The number of imidazole rings is 1. The van der Waals surface area contributed by atoms with Gasteiger partial charge in [-0.25, -0.2) is 4.98 Å². The molecule has 0 radical (unpaired) electrons. The van der Waals surface area contributed by atoms with Gasteiger partial charge in [0, 0.05) is 11.3 Å². The number of nitrogens with two attached hydrogens (primary N) is 1. The Bertz CT molecular complexity index is 1190. The van der Waals surface area contributed by atoms with Gasteiger partial charge in [0.15, 0.2) is 11.0 Å². The van der Waals surface area contributed by atoms with Gasteiger partial charge in [0.25, 0.3) is 0 Å². The van der Waals surface area contributed by atoms with Crippen LogP contribution in [0.15, 0.2) is 53.7 Å². The Morgan fingerprint density at radius 1 is 1.08 bits per heavy atom. The van der Waals surface area contributed by atoms with E-state index in [4.69, 9.17) is 5.73 Å². The van der Waals surface area contributed by atoms with Gasteiger partial charge in [-0.1, -0.05) is 47.4 Å². The number of rotatable bonds is 4. The van der Waals surface area contributed by atoms with Gasteiger partial charge < -0.3 is 10.7 Å². The third-order valence-electron chi connectivity index (χ3n) is 3.95. The first-order valence-electron chi connectivity index (χ1n) is 7.91. The van der Waals surface area contributed by atoms with Crippen molar-refractivity contribution in [3.63, 3.8) is 0 Å². The number of para-hydroxylation sites is 3. The van der Waals surface area contributed by atoms with Crippen molar-refractivity contribution in [2.45, 2.75) is 10.9 Å². The molecule has 0 bridgehead atoms. The van der Waals surface area contributed by atoms with Gasteiger partial charge in [-0.3, -0.25) is 0 Å². The van der Waals surface area contributed by atoms with Crippen molar-refractivity contribution in [3.8, 4) is 10.6 Å². The summed E-state index contributed by atoms with van der Waals surface area (Å²) >= 11 is 3.05. The molecule has 0 aliphatic carbocycles. The molecule has 9 heteroatoms. The lowest BCUT2D eigenvalue weighted by atomic mass is 10.2. The van der Waals surface area contributed by atoms with E-state index in [2.05, 4.69) is 25.3 Å². The SMILES string of the molecule is Nc1ccccc1-c1nn2c(CSc3nc4ccccc4[nH]3)nnc2s1. The number of fused-ring (bicyclic) bond motifs is 2. The van der Waals surface area contributed by atoms with Crippen molar-refractivity contribution in [2.75, 3.05) is 5.73 Å². The van der Waals surface area contributed by atoms with E-state index in [-0.39, 0.29) is 0 Å². The van der Waals surface area contributed by atoms with Gasteiger partial charge in [-0.2, -0.15) is 9.61 Å². The summed E-state index contributed by atoms with van der Waals surface area (Å²) in [6.07, 6.45) is 0. The Hall–Kier alpha value is -2.91. The lowest BCUT2D eigenvalue weighted by molar-refractivity contribution is 0.885. The van der Waals surface area contributed by atoms with Crippen LogP contribution in [-0.2, 0) is 5.75 Å². The van der Waals surface area contributed by atoms with Crippen LogP contribution >= 0.6 is 23.1 Å². The molecular formula is C17H13N7S2. The van der Waals surface area contributed by atoms with Gasteiger partial charge in [-0.15, -0.1) is 10.2 Å². The normalized spacial score (nSPS) is 11.5. The number of aromatic amines is 1. The summed E-state index contributed by atoms with van der Waals surface area (Å²) in [6, 6.07) is 15.7. The lowest BCUT2D eigenvalue weighted by Crippen LogP contribution is -1.95. The molecule has 3 aromatic heterocycles. The van der Waals surface area contributed by atoms with E-state index in [9.17, 15) is 0 Å². The smallest absolute Gasteiger partial charge is 0.235 e. The Morgan fingerprint density at radius 3 is 2.81 bits per heavy atom. The summed E-state index contributed by atoms with van der Waals surface area (Å²) in [4.78, 5) is 8.63. The largest absolute Gasteiger partial charge is 0.398 e. The van der Waals surface area contributed by atoms with E-state index < -0.39 is 0 Å². The number of hydrogen-bond donors (Lipinski definition) is 2. The number of benzene rings is 2. The zero-order valence-electron chi connectivity index (χ0n) is 13.5. The fourth-order valence-electron chi connectivity index (χ4n) is 2.68. The van der Waals surface area contributed by atoms with Crippen LogP contribution in [0.5, 0.6) is 0 Å². The lowest BCUT2D eigenvalue weighted by Gasteiger charge is -1.99. The molecule has 0 saturated carbocycles. The molecule has 2 aromatic carbocycles.